The van der Waals surface area contributed by atoms with Gasteiger partial charge in [-0.05, 0) is 16.8 Å². The van der Waals surface area contributed by atoms with Gasteiger partial charge in [-0.25, -0.2) is 0 Å². The van der Waals surface area contributed by atoms with E-state index >= 15 is 0 Å². The van der Waals surface area contributed by atoms with Gasteiger partial charge >= 0.3 is 0 Å². The van der Waals surface area contributed by atoms with Gasteiger partial charge in [-0.2, -0.15) is 4.80 Å². The van der Waals surface area contributed by atoms with Crippen LogP contribution in [0.15, 0.2) is 84.9 Å². The largest absolute Gasteiger partial charge is 0.324 e. The number of aromatic nitrogens is 4. The molecular formula is C21H17N5O. The standard InChI is InChI=1S/C21H17N5O/c27-20(15-26-24-21(23-25-26)17-11-5-2-6-12-17)22-19-14-8-7-13-18(19)16-9-3-1-4-10-16/h1-14H,15H2,(H,22,27). The van der Waals surface area contributed by atoms with Crippen LogP contribution in [0.4, 0.5) is 5.69 Å². The Morgan fingerprint density at radius 2 is 1.44 bits per heavy atom. The van der Waals surface area contributed by atoms with Crippen molar-refractivity contribution in [1.82, 2.24) is 20.2 Å². The second-order valence-corrected chi connectivity index (χ2v) is 5.97. The van der Waals surface area contributed by atoms with Crippen molar-refractivity contribution >= 4 is 11.6 Å². The predicted octanol–water partition coefficient (Wildman–Crippen LogP) is 3.65. The van der Waals surface area contributed by atoms with Crippen LogP contribution < -0.4 is 5.32 Å². The molecule has 0 aliphatic rings. The zero-order valence-electron chi connectivity index (χ0n) is 14.5. The molecule has 0 aliphatic carbocycles. The smallest absolute Gasteiger partial charge is 0.248 e. The molecule has 0 atom stereocenters. The van der Waals surface area contributed by atoms with Gasteiger partial charge < -0.3 is 5.32 Å². The summed E-state index contributed by atoms with van der Waals surface area (Å²) in [5, 5.41) is 15.2. The Balaban J connectivity index is 1.49. The molecule has 6 heteroatoms. The molecule has 1 heterocycles. The summed E-state index contributed by atoms with van der Waals surface area (Å²) in [7, 11) is 0. The summed E-state index contributed by atoms with van der Waals surface area (Å²) in [5.41, 5.74) is 3.61. The third kappa shape index (κ3) is 3.90. The van der Waals surface area contributed by atoms with Crippen molar-refractivity contribution < 1.29 is 4.79 Å². The number of anilines is 1. The first-order chi connectivity index (χ1) is 13.3. The fourth-order valence-electron chi connectivity index (χ4n) is 2.79. The van der Waals surface area contributed by atoms with E-state index in [4.69, 9.17) is 0 Å². The highest BCUT2D eigenvalue weighted by atomic mass is 16.2. The van der Waals surface area contributed by atoms with Gasteiger partial charge in [0.15, 0.2) is 0 Å². The van der Waals surface area contributed by atoms with Gasteiger partial charge in [0, 0.05) is 16.8 Å². The molecule has 0 saturated carbocycles. The fraction of sp³-hybridized carbons (Fsp3) is 0.0476. The van der Waals surface area contributed by atoms with E-state index in [1.165, 1.54) is 4.80 Å². The van der Waals surface area contributed by atoms with Crippen molar-refractivity contribution in [3.8, 4) is 22.5 Å². The van der Waals surface area contributed by atoms with Crippen LogP contribution in [-0.2, 0) is 11.3 Å². The average molecular weight is 355 g/mol. The van der Waals surface area contributed by atoms with Crippen LogP contribution in [0.2, 0.25) is 0 Å². The molecule has 0 aliphatic heterocycles. The van der Waals surface area contributed by atoms with Crippen LogP contribution in [-0.4, -0.2) is 26.1 Å². The monoisotopic (exact) mass is 355 g/mol. The molecule has 1 aromatic heterocycles. The maximum atomic E-state index is 12.5. The number of nitrogens with zero attached hydrogens (tertiary/aromatic N) is 4. The predicted molar refractivity (Wildman–Crippen MR) is 104 cm³/mol. The number of rotatable bonds is 5. The highest BCUT2D eigenvalue weighted by Gasteiger charge is 2.11. The molecule has 0 bridgehead atoms. The Bertz CT molecular complexity index is 1040. The molecule has 1 N–H and O–H groups in total. The molecular weight excluding hydrogens is 338 g/mol. The molecule has 0 radical (unpaired) electrons. The molecule has 27 heavy (non-hydrogen) atoms. The summed E-state index contributed by atoms with van der Waals surface area (Å²) in [5.74, 6) is 0.281. The number of carbonyl (C=O) groups excluding carboxylic acids is 1. The van der Waals surface area contributed by atoms with E-state index in [0.717, 1.165) is 22.4 Å². The molecule has 132 valence electrons. The van der Waals surface area contributed by atoms with Crippen LogP contribution in [0.5, 0.6) is 0 Å². The molecule has 0 saturated heterocycles. The lowest BCUT2D eigenvalue weighted by molar-refractivity contribution is -0.117. The van der Waals surface area contributed by atoms with E-state index in [9.17, 15) is 4.79 Å². The summed E-state index contributed by atoms with van der Waals surface area (Å²) in [6.07, 6.45) is 0. The first-order valence-corrected chi connectivity index (χ1v) is 8.57. The van der Waals surface area contributed by atoms with Gasteiger partial charge in [0.25, 0.3) is 0 Å². The number of para-hydroxylation sites is 1. The van der Waals surface area contributed by atoms with Crippen LogP contribution in [0.3, 0.4) is 0 Å². The minimum Gasteiger partial charge on any atom is -0.324 e. The molecule has 6 nitrogen and oxygen atoms in total. The Labute approximate surface area is 156 Å². The Morgan fingerprint density at radius 3 is 2.19 bits per heavy atom. The minimum absolute atomic E-state index is 0.0110. The Morgan fingerprint density at radius 1 is 0.815 bits per heavy atom. The minimum atomic E-state index is -0.213. The van der Waals surface area contributed by atoms with Gasteiger partial charge in [-0.15, -0.1) is 10.2 Å². The lowest BCUT2D eigenvalue weighted by atomic mass is 10.0. The molecule has 4 rings (SSSR count). The van der Waals surface area contributed by atoms with Crippen molar-refractivity contribution in [1.29, 1.82) is 0 Å². The number of hydrogen-bond acceptors (Lipinski definition) is 4. The average Bonchev–Trinajstić information content (AvgIpc) is 3.18. The first kappa shape index (κ1) is 16.7. The highest BCUT2D eigenvalue weighted by molar-refractivity contribution is 5.95. The lowest BCUT2D eigenvalue weighted by Gasteiger charge is -2.11. The number of hydrogen-bond donors (Lipinski definition) is 1. The van der Waals surface area contributed by atoms with Gasteiger partial charge in [-0.3, -0.25) is 4.79 Å². The van der Waals surface area contributed by atoms with E-state index < -0.39 is 0 Å². The van der Waals surface area contributed by atoms with Crippen LogP contribution in [0, 0.1) is 0 Å². The maximum absolute atomic E-state index is 12.5. The zero-order valence-corrected chi connectivity index (χ0v) is 14.5. The van der Waals surface area contributed by atoms with Crippen molar-refractivity contribution in [3.63, 3.8) is 0 Å². The third-order valence-electron chi connectivity index (χ3n) is 4.06. The highest BCUT2D eigenvalue weighted by Crippen LogP contribution is 2.27. The zero-order chi connectivity index (χ0) is 18.5. The molecule has 0 unspecified atom stereocenters. The number of carbonyl (C=O) groups is 1. The topological polar surface area (TPSA) is 72.7 Å². The van der Waals surface area contributed by atoms with Gasteiger partial charge in [0.1, 0.15) is 6.54 Å². The van der Waals surface area contributed by atoms with Crippen molar-refractivity contribution in [2.45, 2.75) is 6.54 Å². The molecule has 0 spiro atoms. The Hall–Kier alpha value is -3.80. The fourth-order valence-corrected chi connectivity index (χ4v) is 2.79. The molecule has 0 fully saturated rings. The van der Waals surface area contributed by atoms with E-state index in [2.05, 4.69) is 20.7 Å². The second-order valence-electron chi connectivity index (χ2n) is 5.97. The van der Waals surface area contributed by atoms with Crippen LogP contribution >= 0.6 is 0 Å². The third-order valence-corrected chi connectivity index (χ3v) is 4.06. The number of amides is 1. The molecule has 4 aromatic rings. The lowest BCUT2D eigenvalue weighted by Crippen LogP contribution is -2.20. The SMILES string of the molecule is O=C(Cn1nnc(-c2ccccc2)n1)Nc1ccccc1-c1ccccc1. The van der Waals surface area contributed by atoms with Gasteiger partial charge in [0.2, 0.25) is 11.7 Å². The summed E-state index contributed by atoms with van der Waals surface area (Å²) < 4.78 is 0. The van der Waals surface area contributed by atoms with E-state index in [-0.39, 0.29) is 12.5 Å². The molecule has 1 amide bonds. The molecule has 3 aromatic carbocycles. The van der Waals surface area contributed by atoms with Crippen LogP contribution in [0.1, 0.15) is 0 Å². The maximum Gasteiger partial charge on any atom is 0.248 e. The normalized spacial score (nSPS) is 10.5. The van der Waals surface area contributed by atoms with Gasteiger partial charge in [-0.1, -0.05) is 78.9 Å². The second kappa shape index (κ2) is 7.61. The first-order valence-electron chi connectivity index (χ1n) is 8.57. The van der Waals surface area contributed by atoms with E-state index in [1.807, 2.05) is 84.9 Å². The van der Waals surface area contributed by atoms with Crippen LogP contribution in [0.25, 0.3) is 22.5 Å². The number of tetrazole rings is 1. The van der Waals surface area contributed by atoms with E-state index in [0.29, 0.717) is 5.82 Å². The van der Waals surface area contributed by atoms with Crippen molar-refractivity contribution in [2.75, 3.05) is 5.32 Å². The summed E-state index contributed by atoms with van der Waals surface area (Å²) in [4.78, 5) is 13.8. The summed E-state index contributed by atoms with van der Waals surface area (Å²) in [6, 6.07) is 27.2. The van der Waals surface area contributed by atoms with Crippen molar-refractivity contribution in [2.24, 2.45) is 0 Å². The summed E-state index contributed by atoms with van der Waals surface area (Å²) >= 11 is 0. The van der Waals surface area contributed by atoms with E-state index in [1.54, 1.807) is 0 Å². The quantitative estimate of drug-likeness (QED) is 0.593. The van der Waals surface area contributed by atoms with Gasteiger partial charge in [0.05, 0.1) is 0 Å². The Kier molecular flexibility index (Phi) is 4.70. The number of nitrogens with one attached hydrogen (secondary N) is 1. The summed E-state index contributed by atoms with van der Waals surface area (Å²) in [6.45, 7) is -0.0110. The van der Waals surface area contributed by atoms with Crippen molar-refractivity contribution in [3.05, 3.63) is 84.9 Å². The number of benzene rings is 3.